The van der Waals surface area contributed by atoms with E-state index in [1.54, 1.807) is 23.0 Å². The average molecular weight is 263 g/mol. The molecule has 0 atom stereocenters. The standard InChI is InChI=1S/C13H14FN3O2/c14-10-5-7-12(8-6-10)17-9-11(15-16-17)3-1-2-4-13(18)19/h5-9H,1-4H2,(H,18,19). The van der Waals surface area contributed by atoms with Crippen LogP contribution in [0.4, 0.5) is 4.39 Å². The molecule has 0 saturated heterocycles. The van der Waals surface area contributed by atoms with Crippen molar-refractivity contribution in [3.05, 3.63) is 42.0 Å². The maximum Gasteiger partial charge on any atom is 0.303 e. The van der Waals surface area contributed by atoms with Crippen LogP contribution in [0, 0.1) is 5.82 Å². The zero-order chi connectivity index (χ0) is 13.7. The van der Waals surface area contributed by atoms with E-state index in [0.29, 0.717) is 12.8 Å². The monoisotopic (exact) mass is 263 g/mol. The lowest BCUT2D eigenvalue weighted by molar-refractivity contribution is -0.137. The normalized spacial score (nSPS) is 10.6. The molecule has 0 radical (unpaired) electrons. The Morgan fingerprint density at radius 2 is 2.00 bits per heavy atom. The second-order valence-electron chi connectivity index (χ2n) is 4.23. The molecule has 2 rings (SSSR count). The van der Waals surface area contributed by atoms with Gasteiger partial charge in [-0.2, -0.15) is 0 Å². The molecule has 0 aliphatic carbocycles. The van der Waals surface area contributed by atoms with Crippen molar-refractivity contribution in [2.24, 2.45) is 0 Å². The Kier molecular flexibility index (Phi) is 4.22. The number of aliphatic carboxylic acids is 1. The van der Waals surface area contributed by atoms with Gasteiger partial charge in [-0.15, -0.1) is 5.10 Å². The molecule has 0 saturated carbocycles. The third-order valence-corrected chi connectivity index (χ3v) is 2.71. The van der Waals surface area contributed by atoms with Crippen molar-refractivity contribution in [1.82, 2.24) is 15.0 Å². The predicted molar refractivity (Wildman–Crippen MR) is 66.5 cm³/mol. The van der Waals surface area contributed by atoms with E-state index in [2.05, 4.69) is 10.3 Å². The summed E-state index contributed by atoms with van der Waals surface area (Å²) in [6.07, 6.45) is 4.02. The lowest BCUT2D eigenvalue weighted by atomic mass is 10.1. The van der Waals surface area contributed by atoms with Gasteiger partial charge in [0.15, 0.2) is 0 Å². The van der Waals surface area contributed by atoms with E-state index in [0.717, 1.165) is 17.8 Å². The second-order valence-corrected chi connectivity index (χ2v) is 4.23. The van der Waals surface area contributed by atoms with Gasteiger partial charge in [0.25, 0.3) is 0 Å². The number of unbranched alkanes of at least 4 members (excludes halogenated alkanes) is 1. The van der Waals surface area contributed by atoms with E-state index >= 15 is 0 Å². The van der Waals surface area contributed by atoms with Crippen LogP contribution >= 0.6 is 0 Å². The molecule has 1 N–H and O–H groups in total. The van der Waals surface area contributed by atoms with Gasteiger partial charge in [0.2, 0.25) is 0 Å². The first-order valence-electron chi connectivity index (χ1n) is 6.04. The molecular formula is C13H14FN3O2. The molecular weight excluding hydrogens is 249 g/mol. The lowest BCUT2D eigenvalue weighted by Gasteiger charge is -1.98. The van der Waals surface area contributed by atoms with Gasteiger partial charge < -0.3 is 5.11 Å². The number of carboxylic acids is 1. The van der Waals surface area contributed by atoms with Crippen molar-refractivity contribution in [2.45, 2.75) is 25.7 Å². The summed E-state index contributed by atoms with van der Waals surface area (Å²) < 4.78 is 14.4. The molecule has 0 aliphatic rings. The van der Waals surface area contributed by atoms with Crippen LogP contribution in [0.2, 0.25) is 0 Å². The predicted octanol–water partition coefficient (Wildman–Crippen LogP) is 2.20. The Morgan fingerprint density at radius 1 is 1.26 bits per heavy atom. The van der Waals surface area contributed by atoms with Gasteiger partial charge in [0.05, 0.1) is 17.6 Å². The number of hydrogen-bond acceptors (Lipinski definition) is 3. The molecule has 0 spiro atoms. The molecule has 0 bridgehead atoms. The minimum atomic E-state index is -0.782. The van der Waals surface area contributed by atoms with Crippen LogP contribution in [-0.2, 0) is 11.2 Å². The van der Waals surface area contributed by atoms with E-state index in [-0.39, 0.29) is 12.2 Å². The zero-order valence-electron chi connectivity index (χ0n) is 10.3. The number of aromatic nitrogens is 3. The maximum absolute atomic E-state index is 12.8. The number of halogens is 1. The molecule has 1 heterocycles. The Morgan fingerprint density at radius 3 is 2.68 bits per heavy atom. The number of carbonyl (C=O) groups is 1. The number of benzene rings is 1. The maximum atomic E-state index is 12.8. The highest BCUT2D eigenvalue weighted by atomic mass is 19.1. The summed E-state index contributed by atoms with van der Waals surface area (Å²) in [5, 5.41) is 16.5. The number of hydrogen-bond donors (Lipinski definition) is 1. The van der Waals surface area contributed by atoms with Crippen LogP contribution in [0.3, 0.4) is 0 Å². The quantitative estimate of drug-likeness (QED) is 0.811. The van der Waals surface area contributed by atoms with Crippen molar-refractivity contribution in [2.75, 3.05) is 0 Å². The number of aryl methyl sites for hydroxylation is 1. The minimum Gasteiger partial charge on any atom is -0.481 e. The van der Waals surface area contributed by atoms with Gasteiger partial charge in [-0.1, -0.05) is 5.21 Å². The zero-order valence-corrected chi connectivity index (χ0v) is 10.3. The molecule has 0 unspecified atom stereocenters. The van der Waals surface area contributed by atoms with E-state index in [1.807, 2.05) is 0 Å². The highest BCUT2D eigenvalue weighted by Crippen LogP contribution is 2.09. The Hall–Kier alpha value is -2.24. The van der Waals surface area contributed by atoms with E-state index in [4.69, 9.17) is 5.11 Å². The van der Waals surface area contributed by atoms with Crippen molar-refractivity contribution < 1.29 is 14.3 Å². The molecule has 0 fully saturated rings. The van der Waals surface area contributed by atoms with Crippen LogP contribution in [0.25, 0.3) is 5.69 Å². The van der Waals surface area contributed by atoms with Gasteiger partial charge in [0, 0.05) is 6.42 Å². The summed E-state index contributed by atoms with van der Waals surface area (Å²) in [4.78, 5) is 10.4. The Labute approximate surface area is 109 Å². The molecule has 19 heavy (non-hydrogen) atoms. The molecule has 5 nitrogen and oxygen atoms in total. The largest absolute Gasteiger partial charge is 0.481 e. The van der Waals surface area contributed by atoms with E-state index < -0.39 is 5.97 Å². The van der Waals surface area contributed by atoms with Crippen molar-refractivity contribution in [3.8, 4) is 5.69 Å². The molecule has 1 aromatic heterocycles. The van der Waals surface area contributed by atoms with Gasteiger partial charge in [-0.3, -0.25) is 4.79 Å². The van der Waals surface area contributed by atoms with Crippen molar-refractivity contribution in [3.63, 3.8) is 0 Å². The van der Waals surface area contributed by atoms with Gasteiger partial charge in [0.1, 0.15) is 5.82 Å². The second kappa shape index (κ2) is 6.08. The molecule has 0 aliphatic heterocycles. The first-order valence-corrected chi connectivity index (χ1v) is 6.04. The van der Waals surface area contributed by atoms with Gasteiger partial charge in [-0.25, -0.2) is 9.07 Å². The highest BCUT2D eigenvalue weighted by Gasteiger charge is 2.04. The third kappa shape index (κ3) is 3.87. The SMILES string of the molecule is O=C(O)CCCCc1cn(-c2ccc(F)cc2)nn1. The number of rotatable bonds is 6. The van der Waals surface area contributed by atoms with Gasteiger partial charge in [-0.05, 0) is 43.5 Å². The number of carboxylic acid groups (broad SMARTS) is 1. The molecule has 2 aromatic rings. The first kappa shape index (κ1) is 13.2. The number of nitrogens with zero attached hydrogens (tertiary/aromatic N) is 3. The van der Waals surface area contributed by atoms with E-state index in [1.165, 1.54) is 12.1 Å². The highest BCUT2D eigenvalue weighted by molar-refractivity contribution is 5.66. The summed E-state index contributed by atoms with van der Waals surface area (Å²) in [7, 11) is 0. The fourth-order valence-electron chi connectivity index (χ4n) is 1.72. The van der Waals surface area contributed by atoms with Crippen molar-refractivity contribution in [1.29, 1.82) is 0 Å². The fraction of sp³-hybridized carbons (Fsp3) is 0.308. The van der Waals surface area contributed by atoms with E-state index in [9.17, 15) is 9.18 Å². The summed E-state index contributed by atoms with van der Waals surface area (Å²) >= 11 is 0. The molecule has 100 valence electrons. The summed E-state index contributed by atoms with van der Waals surface area (Å²) in [5.74, 6) is -1.08. The Balaban J connectivity index is 1.91. The third-order valence-electron chi connectivity index (χ3n) is 2.71. The fourth-order valence-corrected chi connectivity index (χ4v) is 1.72. The van der Waals surface area contributed by atoms with Crippen LogP contribution in [0.15, 0.2) is 30.5 Å². The first-order chi connectivity index (χ1) is 9.15. The van der Waals surface area contributed by atoms with Crippen LogP contribution in [0.5, 0.6) is 0 Å². The van der Waals surface area contributed by atoms with Crippen molar-refractivity contribution >= 4 is 5.97 Å². The minimum absolute atomic E-state index is 0.173. The molecule has 0 amide bonds. The van der Waals surface area contributed by atoms with Crippen LogP contribution in [-0.4, -0.2) is 26.1 Å². The average Bonchev–Trinajstić information content (AvgIpc) is 2.84. The molecule has 6 heteroatoms. The topological polar surface area (TPSA) is 68.0 Å². The summed E-state index contributed by atoms with van der Waals surface area (Å²) in [6.45, 7) is 0. The molecule has 1 aromatic carbocycles. The smallest absolute Gasteiger partial charge is 0.303 e. The van der Waals surface area contributed by atoms with Gasteiger partial charge >= 0.3 is 5.97 Å². The van der Waals surface area contributed by atoms with Crippen LogP contribution in [0.1, 0.15) is 25.0 Å². The summed E-state index contributed by atoms with van der Waals surface area (Å²) in [6, 6.07) is 5.98. The Bertz CT molecular complexity index is 551. The summed E-state index contributed by atoms with van der Waals surface area (Å²) in [5.41, 5.74) is 1.54. The lowest BCUT2D eigenvalue weighted by Crippen LogP contribution is -1.95. The van der Waals surface area contributed by atoms with Crippen LogP contribution < -0.4 is 0 Å².